The molecule has 0 aliphatic carbocycles. The number of piperidine rings is 1. The number of nitrogens with zero attached hydrogens (tertiary/aromatic N) is 2. The number of hydrogen-bond donors (Lipinski definition) is 1. The number of carbonyl (C=O) groups is 1. The first kappa shape index (κ1) is 12.9. The molecule has 0 bridgehead atoms. The maximum Gasteiger partial charge on any atom is 0.407 e. The smallest absolute Gasteiger partial charge is 0.407 e. The maximum atomic E-state index is 10.9. The standard InChI is InChI=1S/C16H18N2O2/c1-11-2-3-14-10-13(4-5-15(14)17-11)12-6-8-18(9-7-12)16(19)20/h2-5,10,12H,6-9H2,1H3,(H,19,20). The van der Waals surface area contributed by atoms with Crippen molar-refractivity contribution in [1.29, 1.82) is 0 Å². The van der Waals surface area contributed by atoms with Crippen molar-refractivity contribution >= 4 is 17.0 Å². The number of likely N-dealkylation sites (tertiary alicyclic amines) is 1. The van der Waals surface area contributed by atoms with E-state index in [-0.39, 0.29) is 0 Å². The molecule has 1 aromatic carbocycles. The van der Waals surface area contributed by atoms with Crippen LogP contribution in [0.1, 0.15) is 30.0 Å². The first-order valence-corrected chi connectivity index (χ1v) is 6.98. The molecule has 0 radical (unpaired) electrons. The number of hydrogen-bond acceptors (Lipinski definition) is 2. The van der Waals surface area contributed by atoms with Gasteiger partial charge in [-0.3, -0.25) is 4.98 Å². The normalized spacial score (nSPS) is 16.6. The second kappa shape index (κ2) is 5.12. The number of aromatic nitrogens is 1. The minimum absolute atomic E-state index is 0.455. The van der Waals surface area contributed by atoms with Crippen LogP contribution in [0.15, 0.2) is 30.3 Å². The van der Waals surface area contributed by atoms with Gasteiger partial charge in [0.15, 0.2) is 0 Å². The second-order valence-corrected chi connectivity index (χ2v) is 5.45. The summed E-state index contributed by atoms with van der Waals surface area (Å²) in [5.74, 6) is 0.455. The van der Waals surface area contributed by atoms with Crippen molar-refractivity contribution in [2.45, 2.75) is 25.7 Å². The Hall–Kier alpha value is -2.10. The number of fused-ring (bicyclic) bond motifs is 1. The van der Waals surface area contributed by atoms with Crippen molar-refractivity contribution in [2.24, 2.45) is 0 Å². The average molecular weight is 270 g/mol. The summed E-state index contributed by atoms with van der Waals surface area (Å²) in [6, 6.07) is 10.5. The van der Waals surface area contributed by atoms with E-state index in [0.29, 0.717) is 19.0 Å². The number of benzene rings is 1. The van der Waals surface area contributed by atoms with Gasteiger partial charge >= 0.3 is 6.09 Å². The van der Waals surface area contributed by atoms with Gasteiger partial charge in [0.25, 0.3) is 0 Å². The second-order valence-electron chi connectivity index (χ2n) is 5.45. The van der Waals surface area contributed by atoms with Gasteiger partial charge in [0.1, 0.15) is 0 Å². The van der Waals surface area contributed by atoms with E-state index in [1.807, 2.05) is 13.0 Å². The zero-order chi connectivity index (χ0) is 14.1. The lowest BCUT2D eigenvalue weighted by Gasteiger charge is -2.30. The van der Waals surface area contributed by atoms with Crippen LogP contribution >= 0.6 is 0 Å². The molecule has 1 fully saturated rings. The van der Waals surface area contributed by atoms with E-state index in [2.05, 4.69) is 29.2 Å². The van der Waals surface area contributed by atoms with Gasteiger partial charge in [-0.25, -0.2) is 4.79 Å². The van der Waals surface area contributed by atoms with Crippen molar-refractivity contribution in [3.63, 3.8) is 0 Å². The van der Waals surface area contributed by atoms with Crippen LogP contribution in [0.5, 0.6) is 0 Å². The number of rotatable bonds is 1. The number of carboxylic acid groups (broad SMARTS) is 1. The molecule has 1 saturated heterocycles. The highest BCUT2D eigenvalue weighted by Crippen LogP contribution is 2.29. The molecular weight excluding hydrogens is 252 g/mol. The molecule has 1 aromatic heterocycles. The number of amides is 1. The van der Waals surface area contributed by atoms with Gasteiger partial charge in [0.2, 0.25) is 0 Å². The first-order valence-electron chi connectivity index (χ1n) is 6.98. The predicted octanol–water partition coefficient (Wildman–Crippen LogP) is 3.40. The van der Waals surface area contributed by atoms with E-state index in [1.165, 1.54) is 10.5 Å². The molecule has 0 saturated carbocycles. The molecule has 1 N–H and O–H groups in total. The molecule has 0 unspecified atom stereocenters. The van der Waals surface area contributed by atoms with Crippen LogP contribution in [0.3, 0.4) is 0 Å². The third kappa shape index (κ3) is 2.46. The molecule has 0 atom stereocenters. The summed E-state index contributed by atoms with van der Waals surface area (Å²) >= 11 is 0. The summed E-state index contributed by atoms with van der Waals surface area (Å²) < 4.78 is 0. The Bertz CT molecular complexity index is 646. The van der Waals surface area contributed by atoms with Crippen LogP contribution < -0.4 is 0 Å². The van der Waals surface area contributed by atoms with Gasteiger partial charge in [-0.05, 0) is 49.4 Å². The Morgan fingerprint density at radius 3 is 2.70 bits per heavy atom. The first-order chi connectivity index (χ1) is 9.63. The van der Waals surface area contributed by atoms with Crippen LogP contribution in [-0.4, -0.2) is 34.2 Å². The molecule has 20 heavy (non-hydrogen) atoms. The fourth-order valence-electron chi connectivity index (χ4n) is 2.90. The van der Waals surface area contributed by atoms with Crippen molar-refractivity contribution in [3.8, 4) is 0 Å². The molecule has 1 aliphatic rings. The fourth-order valence-corrected chi connectivity index (χ4v) is 2.90. The Kier molecular flexibility index (Phi) is 3.30. The summed E-state index contributed by atoms with van der Waals surface area (Å²) in [5.41, 5.74) is 3.35. The van der Waals surface area contributed by atoms with Crippen LogP contribution in [0, 0.1) is 6.92 Å². The highest BCUT2D eigenvalue weighted by Gasteiger charge is 2.23. The molecule has 1 aliphatic heterocycles. The number of pyridine rings is 1. The maximum absolute atomic E-state index is 10.9. The van der Waals surface area contributed by atoms with Crippen LogP contribution in [-0.2, 0) is 0 Å². The zero-order valence-corrected chi connectivity index (χ0v) is 11.5. The summed E-state index contributed by atoms with van der Waals surface area (Å²) in [5, 5.41) is 10.1. The lowest BCUT2D eigenvalue weighted by Crippen LogP contribution is -2.36. The minimum Gasteiger partial charge on any atom is -0.465 e. The SMILES string of the molecule is Cc1ccc2cc(C3CCN(C(=O)O)CC3)ccc2n1. The highest BCUT2D eigenvalue weighted by molar-refractivity contribution is 5.79. The predicted molar refractivity (Wildman–Crippen MR) is 78.1 cm³/mol. The Morgan fingerprint density at radius 1 is 1.25 bits per heavy atom. The van der Waals surface area contributed by atoms with Gasteiger partial charge in [0, 0.05) is 24.2 Å². The lowest BCUT2D eigenvalue weighted by atomic mass is 9.89. The molecule has 2 aromatic rings. The fraction of sp³-hybridized carbons (Fsp3) is 0.375. The van der Waals surface area contributed by atoms with Gasteiger partial charge in [-0.15, -0.1) is 0 Å². The molecule has 3 rings (SSSR count). The Morgan fingerprint density at radius 2 is 2.00 bits per heavy atom. The van der Waals surface area contributed by atoms with Gasteiger partial charge in [-0.1, -0.05) is 12.1 Å². The van der Waals surface area contributed by atoms with E-state index < -0.39 is 6.09 Å². The third-order valence-electron chi connectivity index (χ3n) is 4.09. The topological polar surface area (TPSA) is 53.4 Å². The van der Waals surface area contributed by atoms with Crippen molar-refractivity contribution < 1.29 is 9.90 Å². The zero-order valence-electron chi connectivity index (χ0n) is 11.5. The van der Waals surface area contributed by atoms with E-state index in [0.717, 1.165) is 29.4 Å². The highest BCUT2D eigenvalue weighted by atomic mass is 16.4. The number of aryl methyl sites for hydroxylation is 1. The summed E-state index contributed by atoms with van der Waals surface area (Å²) in [6.45, 7) is 3.25. The summed E-state index contributed by atoms with van der Waals surface area (Å²) in [7, 11) is 0. The van der Waals surface area contributed by atoms with E-state index in [9.17, 15) is 4.79 Å². The van der Waals surface area contributed by atoms with Crippen molar-refractivity contribution in [3.05, 3.63) is 41.6 Å². The molecule has 104 valence electrons. The minimum atomic E-state index is -0.804. The molecule has 0 spiro atoms. The van der Waals surface area contributed by atoms with E-state index >= 15 is 0 Å². The molecular formula is C16H18N2O2. The molecule has 4 heteroatoms. The quantitative estimate of drug-likeness (QED) is 0.864. The largest absolute Gasteiger partial charge is 0.465 e. The average Bonchev–Trinajstić information content (AvgIpc) is 2.47. The van der Waals surface area contributed by atoms with E-state index in [4.69, 9.17) is 5.11 Å². The van der Waals surface area contributed by atoms with Gasteiger partial charge in [-0.2, -0.15) is 0 Å². The third-order valence-corrected chi connectivity index (χ3v) is 4.09. The van der Waals surface area contributed by atoms with Crippen molar-refractivity contribution in [2.75, 3.05) is 13.1 Å². The van der Waals surface area contributed by atoms with Crippen LogP contribution in [0.2, 0.25) is 0 Å². The van der Waals surface area contributed by atoms with Crippen LogP contribution in [0.4, 0.5) is 4.79 Å². The molecule has 1 amide bonds. The van der Waals surface area contributed by atoms with Gasteiger partial charge in [0.05, 0.1) is 5.52 Å². The van der Waals surface area contributed by atoms with Crippen molar-refractivity contribution in [1.82, 2.24) is 9.88 Å². The van der Waals surface area contributed by atoms with E-state index in [1.54, 1.807) is 0 Å². The summed E-state index contributed by atoms with van der Waals surface area (Å²) in [6.07, 6.45) is 0.996. The molecule has 2 heterocycles. The Balaban J connectivity index is 1.81. The lowest BCUT2D eigenvalue weighted by molar-refractivity contribution is 0.132. The van der Waals surface area contributed by atoms with Crippen LogP contribution in [0.25, 0.3) is 10.9 Å². The Labute approximate surface area is 118 Å². The monoisotopic (exact) mass is 270 g/mol. The summed E-state index contributed by atoms with van der Waals surface area (Å²) in [4.78, 5) is 16.9. The van der Waals surface area contributed by atoms with Gasteiger partial charge < -0.3 is 10.0 Å². The molecule has 4 nitrogen and oxygen atoms in total.